The quantitative estimate of drug-likeness (QED) is 0.532. The average Bonchev–Trinajstić information content (AvgIpc) is 2.41. The summed E-state index contributed by atoms with van der Waals surface area (Å²) in [5.74, 6) is -0.581. The number of carbonyl (C=O) groups excluding carboxylic acids is 1. The van der Waals surface area contributed by atoms with Crippen LogP contribution in [0.4, 0.5) is 11.4 Å². The molecule has 2 heterocycles. The molecule has 0 radical (unpaired) electrons. The zero-order valence-corrected chi connectivity index (χ0v) is 11.1. The van der Waals surface area contributed by atoms with Crippen LogP contribution in [0.15, 0.2) is 30.7 Å². The van der Waals surface area contributed by atoms with Gasteiger partial charge in [0.1, 0.15) is 11.3 Å². The predicted molar refractivity (Wildman–Crippen MR) is 72.8 cm³/mol. The Morgan fingerprint density at radius 2 is 2.20 bits per heavy atom. The molecule has 0 spiro atoms. The number of aryl methyl sites for hydroxylation is 1. The number of aromatic nitrogens is 2. The van der Waals surface area contributed by atoms with E-state index in [1.807, 2.05) is 0 Å². The van der Waals surface area contributed by atoms with Crippen molar-refractivity contribution in [3.05, 3.63) is 57.1 Å². The van der Waals surface area contributed by atoms with Crippen molar-refractivity contribution in [2.24, 2.45) is 0 Å². The van der Waals surface area contributed by atoms with E-state index in [1.54, 1.807) is 19.2 Å². The van der Waals surface area contributed by atoms with E-state index < -0.39 is 10.8 Å². The maximum atomic E-state index is 12.1. The zero-order valence-electron chi connectivity index (χ0n) is 10.3. The van der Waals surface area contributed by atoms with Gasteiger partial charge in [-0.25, -0.2) is 4.98 Å². The van der Waals surface area contributed by atoms with E-state index in [0.29, 0.717) is 5.69 Å². The van der Waals surface area contributed by atoms with Crippen molar-refractivity contribution in [2.75, 3.05) is 5.32 Å². The molecule has 0 atom stereocenters. The third-order valence-electron chi connectivity index (χ3n) is 2.57. The Labute approximate surface area is 118 Å². The standard InChI is InChI=1S/C12H9ClN4O3/c1-7-2-3-14-6-10(7)16-12(18)9-4-8(17(19)20)5-15-11(9)13/h2-6H,1H3,(H,16,18). The van der Waals surface area contributed by atoms with Crippen molar-refractivity contribution in [3.8, 4) is 0 Å². The molecule has 1 amide bonds. The fourth-order valence-corrected chi connectivity index (χ4v) is 1.67. The van der Waals surface area contributed by atoms with E-state index in [9.17, 15) is 14.9 Å². The maximum Gasteiger partial charge on any atom is 0.288 e. The Morgan fingerprint density at radius 1 is 1.45 bits per heavy atom. The predicted octanol–water partition coefficient (Wildman–Crippen LogP) is 2.60. The van der Waals surface area contributed by atoms with Crippen LogP contribution in [0, 0.1) is 17.0 Å². The summed E-state index contributed by atoms with van der Waals surface area (Å²) in [4.78, 5) is 29.6. The zero-order chi connectivity index (χ0) is 14.7. The Morgan fingerprint density at radius 3 is 2.85 bits per heavy atom. The molecule has 0 saturated heterocycles. The second-order valence-electron chi connectivity index (χ2n) is 3.93. The minimum absolute atomic E-state index is 0.0656. The lowest BCUT2D eigenvalue weighted by Gasteiger charge is -2.08. The molecule has 0 aromatic carbocycles. The lowest BCUT2D eigenvalue weighted by Crippen LogP contribution is -2.14. The number of anilines is 1. The van der Waals surface area contributed by atoms with E-state index in [0.717, 1.165) is 17.8 Å². The Balaban J connectivity index is 2.32. The molecule has 0 aliphatic rings. The highest BCUT2D eigenvalue weighted by molar-refractivity contribution is 6.33. The van der Waals surface area contributed by atoms with Crippen molar-refractivity contribution in [3.63, 3.8) is 0 Å². The van der Waals surface area contributed by atoms with Crippen LogP contribution in [-0.4, -0.2) is 20.8 Å². The molecule has 1 N–H and O–H groups in total. The first-order valence-corrected chi connectivity index (χ1v) is 5.88. The van der Waals surface area contributed by atoms with Crippen LogP contribution in [0.1, 0.15) is 15.9 Å². The molecule has 2 rings (SSSR count). The van der Waals surface area contributed by atoms with E-state index in [1.165, 1.54) is 6.20 Å². The topological polar surface area (TPSA) is 98.0 Å². The van der Waals surface area contributed by atoms with Gasteiger partial charge < -0.3 is 5.32 Å². The molecule has 102 valence electrons. The summed E-state index contributed by atoms with van der Waals surface area (Å²) >= 11 is 5.79. The highest BCUT2D eigenvalue weighted by Crippen LogP contribution is 2.21. The van der Waals surface area contributed by atoms with Crippen LogP contribution >= 0.6 is 11.6 Å². The lowest BCUT2D eigenvalue weighted by atomic mass is 10.2. The highest BCUT2D eigenvalue weighted by Gasteiger charge is 2.17. The van der Waals surface area contributed by atoms with Crippen LogP contribution in [-0.2, 0) is 0 Å². The van der Waals surface area contributed by atoms with E-state index >= 15 is 0 Å². The minimum Gasteiger partial charge on any atom is -0.320 e. The Kier molecular flexibility index (Phi) is 3.90. The molecular weight excluding hydrogens is 284 g/mol. The molecule has 2 aromatic rings. The van der Waals surface area contributed by atoms with Crippen molar-refractivity contribution in [2.45, 2.75) is 6.92 Å². The number of rotatable bonds is 3. The number of nitrogens with one attached hydrogen (secondary N) is 1. The second-order valence-corrected chi connectivity index (χ2v) is 4.29. The molecule has 7 nitrogen and oxygen atoms in total. The SMILES string of the molecule is Cc1ccncc1NC(=O)c1cc([N+](=O)[O-])cnc1Cl. The Hall–Kier alpha value is -2.54. The number of nitro groups is 1. The normalized spacial score (nSPS) is 10.1. The van der Waals surface area contributed by atoms with E-state index in [-0.39, 0.29) is 16.4 Å². The molecule has 0 aliphatic carbocycles. The third-order valence-corrected chi connectivity index (χ3v) is 2.87. The fourth-order valence-electron chi connectivity index (χ4n) is 1.48. The number of nitrogens with zero attached hydrogens (tertiary/aromatic N) is 3. The van der Waals surface area contributed by atoms with Gasteiger partial charge in [-0.05, 0) is 18.6 Å². The van der Waals surface area contributed by atoms with Crippen molar-refractivity contribution < 1.29 is 9.72 Å². The lowest BCUT2D eigenvalue weighted by molar-refractivity contribution is -0.385. The largest absolute Gasteiger partial charge is 0.320 e. The summed E-state index contributed by atoms with van der Waals surface area (Å²) in [7, 11) is 0. The summed E-state index contributed by atoms with van der Waals surface area (Å²) in [5.41, 5.74) is 0.939. The number of halogens is 1. The van der Waals surface area contributed by atoms with Gasteiger partial charge in [0, 0.05) is 12.3 Å². The minimum atomic E-state index is -0.643. The van der Waals surface area contributed by atoms with Gasteiger partial charge in [-0.1, -0.05) is 11.6 Å². The van der Waals surface area contributed by atoms with Gasteiger partial charge in [0.15, 0.2) is 0 Å². The first-order valence-electron chi connectivity index (χ1n) is 5.51. The van der Waals surface area contributed by atoms with Crippen LogP contribution in [0.2, 0.25) is 5.15 Å². The van der Waals surface area contributed by atoms with Gasteiger partial charge in [0.25, 0.3) is 11.6 Å². The van der Waals surface area contributed by atoms with Crippen LogP contribution in [0.3, 0.4) is 0 Å². The summed E-state index contributed by atoms with van der Waals surface area (Å²) in [6.07, 6.45) is 4.06. The smallest absolute Gasteiger partial charge is 0.288 e. The molecule has 0 bridgehead atoms. The first-order chi connectivity index (χ1) is 9.49. The van der Waals surface area contributed by atoms with Crippen molar-refractivity contribution in [1.82, 2.24) is 9.97 Å². The molecule has 0 unspecified atom stereocenters. The van der Waals surface area contributed by atoms with Gasteiger partial charge in [0.05, 0.1) is 22.4 Å². The summed E-state index contributed by atoms with van der Waals surface area (Å²) in [6.45, 7) is 1.80. The summed E-state index contributed by atoms with van der Waals surface area (Å²) in [6, 6.07) is 2.80. The third kappa shape index (κ3) is 2.89. The molecule has 20 heavy (non-hydrogen) atoms. The number of hydrogen-bond donors (Lipinski definition) is 1. The molecule has 2 aromatic heterocycles. The molecular formula is C12H9ClN4O3. The molecule has 8 heteroatoms. The van der Waals surface area contributed by atoms with Crippen LogP contribution < -0.4 is 5.32 Å². The van der Waals surface area contributed by atoms with Gasteiger partial charge in [-0.2, -0.15) is 0 Å². The highest BCUT2D eigenvalue weighted by atomic mass is 35.5. The van der Waals surface area contributed by atoms with Gasteiger partial charge in [0.2, 0.25) is 0 Å². The van der Waals surface area contributed by atoms with E-state index in [4.69, 9.17) is 11.6 Å². The monoisotopic (exact) mass is 292 g/mol. The van der Waals surface area contributed by atoms with E-state index in [2.05, 4.69) is 15.3 Å². The molecule has 0 fully saturated rings. The molecule has 0 aliphatic heterocycles. The number of carbonyl (C=O) groups is 1. The summed E-state index contributed by atoms with van der Waals surface area (Å²) in [5, 5.41) is 13.2. The van der Waals surface area contributed by atoms with Crippen LogP contribution in [0.5, 0.6) is 0 Å². The maximum absolute atomic E-state index is 12.1. The van der Waals surface area contributed by atoms with Crippen LogP contribution in [0.25, 0.3) is 0 Å². The number of pyridine rings is 2. The average molecular weight is 293 g/mol. The van der Waals surface area contributed by atoms with Crippen molar-refractivity contribution >= 4 is 28.9 Å². The fraction of sp³-hybridized carbons (Fsp3) is 0.0833. The van der Waals surface area contributed by atoms with Gasteiger partial charge >= 0.3 is 0 Å². The first kappa shape index (κ1) is 13.9. The van der Waals surface area contributed by atoms with Crippen molar-refractivity contribution in [1.29, 1.82) is 0 Å². The molecule has 0 saturated carbocycles. The number of amides is 1. The Bertz CT molecular complexity index is 690. The summed E-state index contributed by atoms with van der Waals surface area (Å²) < 4.78 is 0. The number of hydrogen-bond acceptors (Lipinski definition) is 5. The van der Waals surface area contributed by atoms with Gasteiger partial charge in [-0.15, -0.1) is 0 Å². The van der Waals surface area contributed by atoms with Gasteiger partial charge in [-0.3, -0.25) is 19.9 Å². The second kappa shape index (κ2) is 5.62.